The van der Waals surface area contributed by atoms with Crippen LogP contribution in [0.3, 0.4) is 0 Å². The first-order valence-corrected chi connectivity index (χ1v) is 42.5. The number of carbonyl (C=O) groups is 4. The van der Waals surface area contributed by atoms with E-state index >= 15 is 13.2 Å². The van der Waals surface area contributed by atoms with Gasteiger partial charge in [-0.25, -0.2) is 52.4 Å². The van der Waals surface area contributed by atoms with Crippen molar-refractivity contribution < 1.29 is 94.9 Å². The molecule has 0 aliphatic carbocycles. The second-order valence-corrected chi connectivity index (χ2v) is 34.6. The normalized spacial score (nSPS) is 20.6. The second-order valence-electron chi connectivity index (χ2n) is 30.9. The lowest BCUT2D eigenvalue weighted by Gasteiger charge is -2.28. The molecule has 15 heterocycles. The highest BCUT2D eigenvalue weighted by Gasteiger charge is 2.53. The summed E-state index contributed by atoms with van der Waals surface area (Å²) in [5.41, 5.74) is 19.5. The number of halogens is 9. The number of pyridine rings is 3. The van der Waals surface area contributed by atoms with Crippen molar-refractivity contribution in [1.29, 1.82) is 0 Å². The van der Waals surface area contributed by atoms with Gasteiger partial charge < -0.3 is 41.6 Å². The third kappa shape index (κ3) is 17.2. The molecule has 1 amide bonds. The zero-order valence-corrected chi connectivity index (χ0v) is 69.1. The molecule has 9 N–H and O–H groups in total. The number of fused-ring (bicyclic) bond motifs is 6. The molecule has 9 atom stereocenters. The molecule has 0 spiro atoms. The molecule has 0 unspecified atom stereocenters. The molecule has 658 valence electrons. The molecule has 6 aliphatic rings. The Hall–Kier alpha value is -12.0. The highest BCUT2D eigenvalue weighted by atomic mass is 32.2. The largest absolute Gasteiger partial charge is 0.433 e. The number of aryl methyl sites for hydroxylation is 1. The van der Waals surface area contributed by atoms with Crippen molar-refractivity contribution in [2.45, 2.75) is 94.1 Å². The average Bonchev–Trinajstić information content (AvgIpc) is 1.58. The summed E-state index contributed by atoms with van der Waals surface area (Å²) in [7, 11) is -3.85. The van der Waals surface area contributed by atoms with E-state index in [1.807, 2.05) is 23.5 Å². The summed E-state index contributed by atoms with van der Waals surface area (Å²) >= 11 is 0. The van der Waals surface area contributed by atoms with Crippen LogP contribution < -0.4 is 32.3 Å². The fourth-order valence-corrected chi connectivity index (χ4v) is 19.3. The Morgan fingerprint density at radius 1 is 0.540 bits per heavy atom. The van der Waals surface area contributed by atoms with Gasteiger partial charge in [-0.1, -0.05) is 18.2 Å². The van der Waals surface area contributed by atoms with E-state index in [2.05, 4.69) is 45.0 Å². The summed E-state index contributed by atoms with van der Waals surface area (Å²) < 4.78 is 200. The van der Waals surface area contributed by atoms with Gasteiger partial charge in [0.2, 0.25) is 5.91 Å². The lowest BCUT2D eigenvalue weighted by atomic mass is 10.0. The molecular formula is C83H80F9N20O12PS. The summed E-state index contributed by atoms with van der Waals surface area (Å²) in [6.07, 6.45) is 4.66. The number of aromatic nitrogens is 12. The number of likely N-dealkylation sites (tertiary alicyclic amines) is 1. The zero-order valence-electron chi connectivity index (χ0n) is 67.4. The number of anilines is 3. The summed E-state index contributed by atoms with van der Waals surface area (Å²) in [6.45, 7) is 4.51. The molecule has 43 heteroatoms. The van der Waals surface area contributed by atoms with E-state index < -0.39 is 101 Å². The highest BCUT2D eigenvalue weighted by Crippen LogP contribution is 2.51. The average molecular weight is 1780 g/mol. The summed E-state index contributed by atoms with van der Waals surface area (Å²) in [5, 5.41) is 6.33. The van der Waals surface area contributed by atoms with Gasteiger partial charge in [-0.2, -0.15) is 39.1 Å². The van der Waals surface area contributed by atoms with Crippen LogP contribution in [0.4, 0.5) is 57.0 Å². The van der Waals surface area contributed by atoms with Gasteiger partial charge in [-0.05, 0) is 105 Å². The monoisotopic (exact) mass is 1780 g/mol. The molecule has 32 nitrogen and oxygen atoms in total. The summed E-state index contributed by atoms with van der Waals surface area (Å²) in [4.78, 5) is 92.1. The number of nitrogens with one attached hydrogen (secondary N) is 3. The van der Waals surface area contributed by atoms with E-state index in [0.29, 0.717) is 86.0 Å². The van der Waals surface area contributed by atoms with Crippen molar-refractivity contribution in [1.82, 2.24) is 77.3 Å². The molecule has 6 fully saturated rings. The van der Waals surface area contributed by atoms with E-state index in [0.717, 1.165) is 60.8 Å². The van der Waals surface area contributed by atoms with Gasteiger partial charge in [0.25, 0.3) is 10.2 Å². The number of carbonyl (C=O) groups excluding carboxylic acids is 4. The maximum absolute atomic E-state index is 15.8. The van der Waals surface area contributed by atoms with Crippen LogP contribution >= 0.6 is 7.75 Å². The van der Waals surface area contributed by atoms with Crippen LogP contribution in [0.15, 0.2) is 147 Å². The van der Waals surface area contributed by atoms with Crippen molar-refractivity contribution in [2.24, 2.45) is 23.5 Å². The molecule has 6 aliphatic heterocycles. The van der Waals surface area contributed by atoms with Crippen molar-refractivity contribution >= 4 is 75.2 Å². The fraction of sp³-hybridized carbons (Fsp3) is 0.337. The molecule has 18 rings (SSSR count). The standard InChI is InChI=1S/C28H25F4N7O3.C28H30FN6O5P.C27H25F4N7O4S/c29-19-7-14(22(40)10-17-9-16(3-4-35-17)28(30,31)32)1-2-18(19)24-25-26(34)36-5-6-38(25)27(37-24)20-8-15-12-42-13-21(15)39(20)23(41)11-33;1-16-6-7-30-19(10-16)13-24(36)17-4-5-20(21(29)11-17)25-26-27(34-41(37,38-2)39-3)31-8-9-35(26)28(33-25)22-12-18-14-40-15-23(18)32-22;1-33-43(40,41)38-20(9-15-12-42-13-21(15)38)26-36-23(24-25(32)35-6-7-37(24)26)18-3-2-14(8-19(18)28)22(39)11-17-10-16(4-5-34-17)27(29,30)31/h1-7,9,15,20-21H,8,10-13,33H2,(H2,34,36);4-11,18,22-23,32H,12-15H2,1-3H3,(H,31,34,37);2-8,10,15,20-21,33H,9,11-13H2,1H3,(H2,32,35)/t15-,20-,21+;18-,22-,23+;15-,20-,21+/m000/s1. The number of nitrogen functional groups attached to an aromatic ring is 2. The lowest BCUT2D eigenvalue weighted by Crippen LogP contribution is -2.45. The Morgan fingerprint density at radius 3 is 1.45 bits per heavy atom. The van der Waals surface area contributed by atoms with Crippen LogP contribution in [0.1, 0.15) is 120 Å². The van der Waals surface area contributed by atoms with Crippen molar-refractivity contribution in [3.05, 3.63) is 232 Å². The van der Waals surface area contributed by atoms with Gasteiger partial charge >= 0.3 is 20.1 Å². The lowest BCUT2D eigenvalue weighted by molar-refractivity contribution is -0.138. The second kappa shape index (κ2) is 35.1. The minimum atomic E-state index is -4.60. The van der Waals surface area contributed by atoms with Gasteiger partial charge in [0.15, 0.2) is 23.2 Å². The number of nitrogens with zero attached hydrogens (tertiary/aromatic N) is 14. The predicted molar refractivity (Wildman–Crippen MR) is 436 cm³/mol. The first-order chi connectivity index (χ1) is 60.2. The number of rotatable bonds is 22. The van der Waals surface area contributed by atoms with Crippen LogP contribution in [-0.2, 0) is 74.4 Å². The van der Waals surface area contributed by atoms with Gasteiger partial charge in [0, 0.05) is 151 Å². The molecule has 0 radical (unpaired) electrons. The predicted octanol–water partition coefficient (Wildman–Crippen LogP) is 10.9. The molecule has 3 aromatic carbocycles. The molecular weight excluding hydrogens is 1700 g/mol. The van der Waals surface area contributed by atoms with E-state index in [1.165, 1.54) is 80.6 Å². The Balaban J connectivity index is 0.000000139. The van der Waals surface area contributed by atoms with Gasteiger partial charge in [0.1, 0.15) is 80.2 Å². The van der Waals surface area contributed by atoms with E-state index in [4.69, 9.17) is 55.4 Å². The minimum absolute atomic E-state index is 0.0240. The fourth-order valence-electron chi connectivity index (χ4n) is 17.2. The summed E-state index contributed by atoms with van der Waals surface area (Å²) in [6, 6.07) is 16.9. The van der Waals surface area contributed by atoms with Gasteiger partial charge in [-0.15, -0.1) is 0 Å². The number of alkyl halides is 6. The number of hydrogen-bond acceptors (Lipinski definition) is 25. The van der Waals surface area contributed by atoms with E-state index in [9.17, 15) is 58.5 Å². The molecule has 0 saturated carbocycles. The number of imidazole rings is 3. The van der Waals surface area contributed by atoms with Crippen LogP contribution in [-0.4, -0.2) is 185 Å². The minimum Gasteiger partial charge on any atom is -0.382 e. The van der Waals surface area contributed by atoms with Crippen LogP contribution in [0.5, 0.6) is 0 Å². The van der Waals surface area contributed by atoms with Crippen LogP contribution in [0.2, 0.25) is 0 Å². The SMILES string of the molecule is CNS(=O)(=O)N1[C@@H]2COC[C@@H]2C[C@H]1c1nc(-c2ccc(C(=O)Cc3cc(C(F)(F)F)ccn3)cc2F)c2c(N)nccn12.COP(=O)(Nc1nccn2c([C@@H]3C[C@H]4COC[C@H]4N3)nc(-c3ccc(C(=O)Cc4cc(C)ccn4)cc3F)c12)OC.NCC(=O)N1[C@@H]2COC[C@@H]2C[C@H]1c1nc(-c2ccc(C(=O)Cc3cc(C(F)(F)F)ccn3)cc2F)c2c(N)nccn12. The first-order valence-electron chi connectivity index (χ1n) is 39.5. The Labute approximate surface area is 711 Å². The number of benzene rings is 3. The van der Waals surface area contributed by atoms with Crippen molar-refractivity contribution in [3.8, 4) is 33.8 Å². The molecule has 126 heavy (non-hydrogen) atoms. The number of amides is 1. The Bertz CT molecular complexity index is 6420. The number of Topliss-reactive ketones (excluding diaryl/α,β-unsaturated/α-hetero) is 3. The molecule has 6 saturated heterocycles. The van der Waals surface area contributed by atoms with Gasteiger partial charge in [0.05, 0.1) is 107 Å². The Morgan fingerprint density at radius 2 is 0.976 bits per heavy atom. The Kier molecular flexibility index (Phi) is 24.4. The third-order valence-electron chi connectivity index (χ3n) is 23.2. The van der Waals surface area contributed by atoms with E-state index in [1.54, 1.807) is 44.6 Å². The molecule has 9 aromatic heterocycles. The number of nitrogens with two attached hydrogens (primary N) is 3. The topological polar surface area (TPSA) is 416 Å². The highest BCUT2D eigenvalue weighted by molar-refractivity contribution is 7.87. The quantitative estimate of drug-likeness (QED) is 0.0208. The maximum atomic E-state index is 15.8. The van der Waals surface area contributed by atoms with Gasteiger partial charge in [-0.3, -0.25) is 61.5 Å². The van der Waals surface area contributed by atoms with E-state index in [-0.39, 0.29) is 146 Å². The number of ether oxygens (including phenoxy) is 3. The van der Waals surface area contributed by atoms with Crippen LogP contribution in [0, 0.1) is 42.1 Å². The summed E-state index contributed by atoms with van der Waals surface area (Å²) in [5.74, 6) is -1.97. The van der Waals surface area contributed by atoms with Crippen LogP contribution in [0.25, 0.3) is 50.3 Å². The maximum Gasteiger partial charge on any atom is 0.433 e. The first kappa shape index (κ1) is 87.5. The number of ketones is 3. The molecule has 0 bridgehead atoms. The smallest absolute Gasteiger partial charge is 0.382 e. The van der Waals surface area contributed by atoms with Crippen molar-refractivity contribution in [2.75, 3.05) is 84.0 Å². The molecule has 12 aromatic rings. The van der Waals surface area contributed by atoms with Crippen molar-refractivity contribution in [3.63, 3.8) is 0 Å². The third-order valence-corrected chi connectivity index (χ3v) is 26.3. The number of hydrogen-bond donors (Lipinski definition) is 6. The zero-order chi connectivity index (χ0) is 89.2.